The van der Waals surface area contributed by atoms with Gasteiger partial charge >= 0.3 is 0 Å². The van der Waals surface area contributed by atoms with Crippen LogP contribution in [-0.4, -0.2) is 17.9 Å². The van der Waals surface area contributed by atoms with E-state index in [1.54, 1.807) is 48.5 Å². The van der Waals surface area contributed by atoms with E-state index in [-0.39, 0.29) is 11.7 Å². The Labute approximate surface area is 117 Å². The summed E-state index contributed by atoms with van der Waals surface area (Å²) in [5.74, 6) is -0.0876. The normalized spacial score (nSPS) is 11.4. The number of hydrogen-bond acceptors (Lipinski definition) is 3. The van der Waals surface area contributed by atoms with E-state index in [0.29, 0.717) is 11.3 Å². The van der Waals surface area contributed by atoms with E-state index >= 15 is 0 Å². The van der Waals surface area contributed by atoms with Gasteiger partial charge in [0.25, 0.3) is 0 Å². The summed E-state index contributed by atoms with van der Waals surface area (Å²) >= 11 is 0. The molecule has 4 heteroatoms. The fraction of sp³-hybridized carbons (Fsp3) is 0.125. The van der Waals surface area contributed by atoms with Gasteiger partial charge in [0.05, 0.1) is 0 Å². The minimum absolute atomic E-state index is 0.287. The summed E-state index contributed by atoms with van der Waals surface area (Å²) in [4.78, 5) is 23.6. The molecular formula is C16H15NO3. The summed E-state index contributed by atoms with van der Waals surface area (Å²) in [5.41, 5.74) is 0.488. The topological polar surface area (TPSA) is 55.4 Å². The van der Waals surface area contributed by atoms with Crippen LogP contribution >= 0.6 is 0 Å². The summed E-state index contributed by atoms with van der Waals surface area (Å²) in [6, 6.07) is 17.6. The van der Waals surface area contributed by atoms with Crippen LogP contribution in [0.5, 0.6) is 5.75 Å². The van der Waals surface area contributed by atoms with E-state index in [0.717, 1.165) is 0 Å². The van der Waals surface area contributed by atoms with E-state index in [9.17, 15) is 9.59 Å². The van der Waals surface area contributed by atoms with Crippen molar-refractivity contribution in [1.29, 1.82) is 0 Å². The van der Waals surface area contributed by atoms with Gasteiger partial charge in [0, 0.05) is 12.5 Å². The van der Waals surface area contributed by atoms with Crippen LogP contribution in [0.3, 0.4) is 0 Å². The number of Topliss-reactive ketones (excluding diaryl/α,β-unsaturated/α-hetero) is 1. The Bertz CT molecular complexity index is 581. The first-order valence-corrected chi connectivity index (χ1v) is 6.25. The molecule has 1 amide bonds. The molecule has 0 saturated carbocycles. The van der Waals surface area contributed by atoms with Crippen molar-refractivity contribution in [3.05, 3.63) is 66.2 Å². The van der Waals surface area contributed by atoms with Gasteiger partial charge < -0.3 is 10.1 Å². The molecule has 0 radical (unpaired) electrons. The van der Waals surface area contributed by atoms with Gasteiger partial charge in [-0.15, -0.1) is 0 Å². The molecule has 0 aliphatic rings. The number of amides is 1. The van der Waals surface area contributed by atoms with E-state index in [2.05, 4.69) is 5.32 Å². The standard InChI is InChI=1S/C16H15NO3/c1-12(18)17-16(20-14-10-6-3-7-11-14)15(19)13-8-4-2-5-9-13/h2-11,16H,1H3,(H,17,18). The molecule has 0 bridgehead atoms. The van der Waals surface area contributed by atoms with Crippen molar-refractivity contribution in [2.75, 3.05) is 0 Å². The average Bonchev–Trinajstić information content (AvgIpc) is 2.47. The minimum Gasteiger partial charge on any atom is -0.463 e. The Morgan fingerprint density at radius 1 is 0.950 bits per heavy atom. The Morgan fingerprint density at radius 2 is 1.50 bits per heavy atom. The largest absolute Gasteiger partial charge is 0.463 e. The third-order valence-corrected chi connectivity index (χ3v) is 2.63. The number of rotatable bonds is 5. The molecule has 0 aliphatic heterocycles. The van der Waals surface area contributed by atoms with Gasteiger partial charge in [-0.2, -0.15) is 0 Å². The smallest absolute Gasteiger partial charge is 0.236 e. The molecule has 0 saturated heterocycles. The van der Waals surface area contributed by atoms with Gasteiger partial charge in [-0.25, -0.2) is 0 Å². The highest BCUT2D eigenvalue weighted by molar-refractivity contribution is 6.01. The molecule has 1 N–H and O–H groups in total. The summed E-state index contributed by atoms with van der Waals surface area (Å²) in [7, 11) is 0. The van der Waals surface area contributed by atoms with Gasteiger partial charge in [0.1, 0.15) is 5.75 Å². The predicted molar refractivity (Wildman–Crippen MR) is 75.4 cm³/mol. The highest BCUT2D eigenvalue weighted by Gasteiger charge is 2.22. The summed E-state index contributed by atoms with van der Waals surface area (Å²) in [5, 5.41) is 2.52. The summed E-state index contributed by atoms with van der Waals surface area (Å²) in [6.07, 6.45) is -1.03. The molecule has 2 aromatic carbocycles. The third kappa shape index (κ3) is 3.68. The van der Waals surface area contributed by atoms with Gasteiger partial charge in [-0.05, 0) is 12.1 Å². The lowest BCUT2D eigenvalue weighted by atomic mass is 10.1. The molecule has 0 aromatic heterocycles. The first kappa shape index (κ1) is 13.8. The number of carbonyl (C=O) groups is 2. The fourth-order valence-electron chi connectivity index (χ4n) is 1.72. The van der Waals surface area contributed by atoms with E-state index in [1.807, 2.05) is 12.1 Å². The lowest BCUT2D eigenvalue weighted by Crippen LogP contribution is -2.44. The number of benzene rings is 2. The van der Waals surface area contributed by atoms with Gasteiger partial charge in [-0.1, -0.05) is 48.5 Å². The highest BCUT2D eigenvalue weighted by Crippen LogP contribution is 2.13. The highest BCUT2D eigenvalue weighted by atomic mass is 16.5. The Morgan fingerprint density at radius 3 is 2.05 bits per heavy atom. The maximum Gasteiger partial charge on any atom is 0.236 e. The zero-order valence-electron chi connectivity index (χ0n) is 11.1. The second-order valence-electron chi connectivity index (χ2n) is 4.24. The maximum atomic E-state index is 12.3. The van der Waals surface area contributed by atoms with Crippen LogP contribution in [0.2, 0.25) is 0 Å². The maximum absolute atomic E-state index is 12.3. The summed E-state index contributed by atoms with van der Waals surface area (Å²) < 4.78 is 5.56. The van der Waals surface area contributed by atoms with Crippen molar-refractivity contribution in [1.82, 2.24) is 5.32 Å². The van der Waals surface area contributed by atoms with Crippen LogP contribution in [0.25, 0.3) is 0 Å². The van der Waals surface area contributed by atoms with Crippen molar-refractivity contribution < 1.29 is 14.3 Å². The fourth-order valence-corrected chi connectivity index (χ4v) is 1.72. The SMILES string of the molecule is CC(=O)NC(Oc1ccccc1)C(=O)c1ccccc1. The first-order chi connectivity index (χ1) is 9.66. The van der Waals surface area contributed by atoms with Crippen LogP contribution in [0.15, 0.2) is 60.7 Å². The van der Waals surface area contributed by atoms with Crippen molar-refractivity contribution in [2.45, 2.75) is 13.2 Å². The third-order valence-electron chi connectivity index (χ3n) is 2.63. The molecular weight excluding hydrogens is 254 g/mol. The van der Waals surface area contributed by atoms with Crippen LogP contribution in [0.4, 0.5) is 0 Å². The Kier molecular flexibility index (Phi) is 4.50. The molecule has 1 atom stereocenters. The van der Waals surface area contributed by atoms with Gasteiger partial charge in [-0.3, -0.25) is 9.59 Å². The van der Waals surface area contributed by atoms with Crippen molar-refractivity contribution in [3.8, 4) is 5.75 Å². The second kappa shape index (κ2) is 6.52. The number of ether oxygens (including phenoxy) is 1. The van der Waals surface area contributed by atoms with Gasteiger partial charge in [0.2, 0.25) is 17.9 Å². The Hall–Kier alpha value is -2.62. The zero-order chi connectivity index (χ0) is 14.4. The lowest BCUT2D eigenvalue weighted by Gasteiger charge is -2.18. The minimum atomic E-state index is -1.03. The molecule has 0 fully saturated rings. The molecule has 0 aliphatic carbocycles. The van der Waals surface area contributed by atoms with Crippen LogP contribution in [0, 0.1) is 0 Å². The van der Waals surface area contributed by atoms with Crippen molar-refractivity contribution in [2.24, 2.45) is 0 Å². The van der Waals surface area contributed by atoms with Gasteiger partial charge in [0.15, 0.2) is 0 Å². The molecule has 1 unspecified atom stereocenters. The molecule has 102 valence electrons. The number of nitrogens with one attached hydrogen (secondary N) is 1. The number of hydrogen-bond donors (Lipinski definition) is 1. The number of carbonyl (C=O) groups excluding carboxylic acids is 2. The number of ketones is 1. The van der Waals surface area contributed by atoms with Crippen LogP contribution in [0.1, 0.15) is 17.3 Å². The molecule has 20 heavy (non-hydrogen) atoms. The molecule has 0 heterocycles. The first-order valence-electron chi connectivity index (χ1n) is 6.25. The van der Waals surface area contributed by atoms with E-state index < -0.39 is 6.23 Å². The van der Waals surface area contributed by atoms with Crippen molar-refractivity contribution >= 4 is 11.7 Å². The van der Waals surface area contributed by atoms with Crippen LogP contribution < -0.4 is 10.1 Å². The average molecular weight is 269 g/mol. The predicted octanol–water partition coefficient (Wildman–Crippen LogP) is 2.41. The molecule has 2 aromatic rings. The van der Waals surface area contributed by atoms with E-state index in [4.69, 9.17) is 4.74 Å². The summed E-state index contributed by atoms with van der Waals surface area (Å²) in [6.45, 7) is 1.35. The van der Waals surface area contributed by atoms with Crippen molar-refractivity contribution in [3.63, 3.8) is 0 Å². The monoisotopic (exact) mass is 269 g/mol. The molecule has 4 nitrogen and oxygen atoms in total. The molecule has 2 rings (SSSR count). The van der Waals surface area contributed by atoms with E-state index in [1.165, 1.54) is 6.92 Å². The lowest BCUT2D eigenvalue weighted by molar-refractivity contribution is -0.120. The van der Waals surface area contributed by atoms with Crippen LogP contribution in [-0.2, 0) is 4.79 Å². The Balaban J connectivity index is 2.19. The quantitative estimate of drug-likeness (QED) is 0.670. The zero-order valence-corrected chi connectivity index (χ0v) is 11.1. The molecule has 0 spiro atoms. The number of para-hydroxylation sites is 1. The second-order valence-corrected chi connectivity index (χ2v) is 4.24.